The van der Waals surface area contributed by atoms with Crippen molar-refractivity contribution in [2.45, 2.75) is 26.2 Å². The Morgan fingerprint density at radius 1 is 1.23 bits per heavy atom. The van der Waals surface area contributed by atoms with Gasteiger partial charge in [-0.2, -0.15) is 0 Å². The van der Waals surface area contributed by atoms with E-state index in [9.17, 15) is 14.0 Å². The summed E-state index contributed by atoms with van der Waals surface area (Å²) in [4.78, 5) is 31.0. The summed E-state index contributed by atoms with van der Waals surface area (Å²) < 4.78 is 13.0. The number of likely N-dealkylation sites (tertiary alicyclic amines) is 1. The number of aryl methyl sites for hydroxylation is 1. The molecule has 136 valence electrons. The molecule has 2 heterocycles. The molecule has 1 atom stereocenters. The summed E-state index contributed by atoms with van der Waals surface area (Å²) in [7, 11) is 0. The van der Waals surface area contributed by atoms with Crippen LogP contribution in [0, 0.1) is 18.7 Å². The largest absolute Gasteiger partial charge is 0.342 e. The number of benzene rings is 1. The van der Waals surface area contributed by atoms with Gasteiger partial charge in [-0.05, 0) is 49.6 Å². The number of rotatable bonds is 4. The molecule has 3 rings (SSSR count). The molecule has 1 N–H and O–H groups in total. The number of nitrogens with one attached hydrogen (secondary N) is 1. The van der Waals surface area contributed by atoms with Crippen molar-refractivity contribution in [2.24, 2.45) is 5.92 Å². The molecule has 0 saturated carbocycles. The van der Waals surface area contributed by atoms with E-state index in [2.05, 4.69) is 10.3 Å². The van der Waals surface area contributed by atoms with E-state index < -0.39 is 0 Å². The van der Waals surface area contributed by atoms with E-state index in [1.807, 2.05) is 19.1 Å². The molecule has 1 aliphatic heterocycles. The summed E-state index contributed by atoms with van der Waals surface area (Å²) >= 11 is 0. The predicted molar refractivity (Wildman–Crippen MR) is 97.0 cm³/mol. The molecule has 0 radical (unpaired) electrons. The zero-order valence-electron chi connectivity index (χ0n) is 14.7. The Hall–Kier alpha value is -2.76. The normalized spacial score (nSPS) is 17.0. The zero-order chi connectivity index (χ0) is 18.5. The van der Waals surface area contributed by atoms with E-state index in [1.54, 1.807) is 23.1 Å². The van der Waals surface area contributed by atoms with Crippen LogP contribution in [0.2, 0.25) is 0 Å². The first kappa shape index (κ1) is 18.0. The second-order valence-electron chi connectivity index (χ2n) is 6.64. The average Bonchev–Trinajstić information content (AvgIpc) is 2.64. The Morgan fingerprint density at radius 2 is 2.00 bits per heavy atom. The van der Waals surface area contributed by atoms with Crippen LogP contribution in [0.1, 0.15) is 24.1 Å². The van der Waals surface area contributed by atoms with Crippen LogP contribution < -0.4 is 5.32 Å². The van der Waals surface area contributed by atoms with E-state index in [-0.39, 0.29) is 30.0 Å². The lowest BCUT2D eigenvalue weighted by molar-refractivity contribution is -0.133. The minimum atomic E-state index is -0.319. The monoisotopic (exact) mass is 355 g/mol. The van der Waals surface area contributed by atoms with Gasteiger partial charge >= 0.3 is 0 Å². The first-order valence-corrected chi connectivity index (χ1v) is 8.78. The van der Waals surface area contributed by atoms with Gasteiger partial charge < -0.3 is 10.2 Å². The molecular formula is C20H22FN3O2. The van der Waals surface area contributed by atoms with Gasteiger partial charge in [-0.3, -0.25) is 9.59 Å². The highest BCUT2D eigenvalue weighted by atomic mass is 19.1. The first-order valence-electron chi connectivity index (χ1n) is 8.78. The maximum atomic E-state index is 13.0. The zero-order valence-corrected chi connectivity index (χ0v) is 14.7. The van der Waals surface area contributed by atoms with Crippen molar-refractivity contribution in [2.75, 3.05) is 18.4 Å². The molecule has 2 amide bonds. The van der Waals surface area contributed by atoms with Crippen molar-refractivity contribution in [3.05, 3.63) is 59.5 Å². The summed E-state index contributed by atoms with van der Waals surface area (Å²) in [6.07, 6.45) is 1.75. The van der Waals surface area contributed by atoms with Gasteiger partial charge in [0, 0.05) is 18.8 Å². The molecule has 1 saturated heterocycles. The maximum Gasteiger partial charge on any atom is 0.230 e. The van der Waals surface area contributed by atoms with E-state index in [0.29, 0.717) is 18.9 Å². The Kier molecular flexibility index (Phi) is 5.61. The fourth-order valence-electron chi connectivity index (χ4n) is 3.15. The summed E-state index contributed by atoms with van der Waals surface area (Å²) in [6.45, 7) is 2.91. The second-order valence-corrected chi connectivity index (χ2v) is 6.64. The highest BCUT2D eigenvalue weighted by Crippen LogP contribution is 2.19. The number of hydrogen-bond donors (Lipinski definition) is 1. The molecule has 1 aromatic heterocycles. The minimum Gasteiger partial charge on any atom is -0.342 e. The standard InChI is InChI=1S/C20H22FN3O2/c1-14-4-2-6-18(22-14)23-20(26)16-5-3-11-24(13-16)19(25)12-15-7-9-17(21)10-8-15/h2,4,6-10,16H,3,5,11-13H2,1H3,(H,22,23,26). The van der Waals surface area contributed by atoms with Crippen LogP contribution in [-0.4, -0.2) is 34.8 Å². The van der Waals surface area contributed by atoms with Gasteiger partial charge in [0.15, 0.2) is 0 Å². The van der Waals surface area contributed by atoms with Crippen LogP contribution in [0.15, 0.2) is 42.5 Å². The van der Waals surface area contributed by atoms with Gasteiger partial charge in [0.25, 0.3) is 0 Å². The highest BCUT2D eigenvalue weighted by Gasteiger charge is 2.28. The number of halogens is 1. The summed E-state index contributed by atoms with van der Waals surface area (Å²) in [5.41, 5.74) is 1.61. The average molecular weight is 355 g/mol. The number of carbonyl (C=O) groups excluding carboxylic acids is 2. The van der Waals surface area contributed by atoms with Crippen LogP contribution in [0.5, 0.6) is 0 Å². The first-order chi connectivity index (χ1) is 12.5. The Morgan fingerprint density at radius 3 is 2.73 bits per heavy atom. The summed E-state index contributed by atoms with van der Waals surface area (Å²) in [5.74, 6) is -0.182. The fraction of sp³-hybridized carbons (Fsp3) is 0.350. The molecule has 1 aromatic carbocycles. The number of anilines is 1. The Bertz CT molecular complexity index is 792. The van der Waals surface area contributed by atoms with Crippen LogP contribution in [0.3, 0.4) is 0 Å². The SMILES string of the molecule is Cc1cccc(NC(=O)C2CCCN(C(=O)Cc3ccc(F)cc3)C2)n1. The van der Waals surface area contributed by atoms with Gasteiger partial charge in [0.1, 0.15) is 11.6 Å². The van der Waals surface area contributed by atoms with Crippen LogP contribution in [0.25, 0.3) is 0 Å². The molecule has 1 aliphatic rings. The summed E-state index contributed by atoms with van der Waals surface area (Å²) in [5, 5.41) is 2.84. The van der Waals surface area contributed by atoms with E-state index in [1.165, 1.54) is 12.1 Å². The van der Waals surface area contributed by atoms with Crippen molar-refractivity contribution in [1.82, 2.24) is 9.88 Å². The van der Waals surface area contributed by atoms with Crippen LogP contribution >= 0.6 is 0 Å². The molecule has 1 unspecified atom stereocenters. The Balaban J connectivity index is 1.58. The van der Waals surface area contributed by atoms with Crippen molar-refractivity contribution < 1.29 is 14.0 Å². The van der Waals surface area contributed by atoms with Crippen LogP contribution in [-0.2, 0) is 16.0 Å². The lowest BCUT2D eigenvalue weighted by Gasteiger charge is -2.32. The number of piperidine rings is 1. The fourth-order valence-corrected chi connectivity index (χ4v) is 3.15. The lowest BCUT2D eigenvalue weighted by atomic mass is 9.96. The topological polar surface area (TPSA) is 62.3 Å². The third kappa shape index (κ3) is 4.65. The van der Waals surface area contributed by atoms with Gasteiger partial charge in [0.05, 0.1) is 12.3 Å². The van der Waals surface area contributed by atoms with Gasteiger partial charge in [-0.25, -0.2) is 9.37 Å². The molecular weight excluding hydrogens is 333 g/mol. The van der Waals surface area contributed by atoms with Crippen molar-refractivity contribution >= 4 is 17.6 Å². The van der Waals surface area contributed by atoms with E-state index in [0.717, 1.165) is 24.1 Å². The van der Waals surface area contributed by atoms with E-state index >= 15 is 0 Å². The van der Waals surface area contributed by atoms with Crippen molar-refractivity contribution in [3.8, 4) is 0 Å². The number of hydrogen-bond acceptors (Lipinski definition) is 3. The number of pyridine rings is 1. The Labute approximate surface area is 152 Å². The van der Waals surface area contributed by atoms with E-state index in [4.69, 9.17) is 0 Å². The molecule has 0 bridgehead atoms. The van der Waals surface area contributed by atoms with Crippen LogP contribution in [0.4, 0.5) is 10.2 Å². The number of carbonyl (C=O) groups is 2. The lowest BCUT2D eigenvalue weighted by Crippen LogP contribution is -2.44. The quantitative estimate of drug-likeness (QED) is 0.917. The molecule has 26 heavy (non-hydrogen) atoms. The third-order valence-corrected chi connectivity index (χ3v) is 4.55. The number of nitrogens with zero attached hydrogens (tertiary/aromatic N) is 2. The number of amides is 2. The number of aromatic nitrogens is 1. The molecule has 1 fully saturated rings. The minimum absolute atomic E-state index is 0.0391. The maximum absolute atomic E-state index is 13.0. The molecule has 5 nitrogen and oxygen atoms in total. The third-order valence-electron chi connectivity index (χ3n) is 4.55. The molecule has 6 heteroatoms. The molecule has 2 aromatic rings. The van der Waals surface area contributed by atoms with Crippen molar-refractivity contribution in [3.63, 3.8) is 0 Å². The van der Waals surface area contributed by atoms with Gasteiger partial charge in [-0.15, -0.1) is 0 Å². The second kappa shape index (κ2) is 8.08. The van der Waals surface area contributed by atoms with Gasteiger partial charge in [-0.1, -0.05) is 18.2 Å². The molecule has 0 spiro atoms. The van der Waals surface area contributed by atoms with Crippen molar-refractivity contribution in [1.29, 1.82) is 0 Å². The predicted octanol–water partition coefficient (Wildman–Crippen LogP) is 2.95. The smallest absolute Gasteiger partial charge is 0.230 e. The molecule has 0 aliphatic carbocycles. The summed E-state index contributed by atoms with van der Waals surface area (Å²) in [6, 6.07) is 11.4. The van der Waals surface area contributed by atoms with Gasteiger partial charge in [0.2, 0.25) is 11.8 Å². The highest BCUT2D eigenvalue weighted by molar-refractivity contribution is 5.92.